The van der Waals surface area contributed by atoms with Gasteiger partial charge in [0.25, 0.3) is 0 Å². The number of amidine groups is 1. The van der Waals surface area contributed by atoms with Gasteiger partial charge in [-0.2, -0.15) is 0 Å². The largest absolute Gasteiger partial charge is 0.379 e. The standard InChI is InChI=1S/C14H16BrClN2S/c15-11-5-10(6-12(16)7-11)14-4-2-1-3-9(14)8-19-13(17)18-14/h5-7,9H,1-4,8H2,(H2,17,18)/t9-,14-/m0/s1. The molecular formula is C14H16BrClN2S. The summed E-state index contributed by atoms with van der Waals surface area (Å²) in [7, 11) is 0. The predicted molar refractivity (Wildman–Crippen MR) is 86.9 cm³/mol. The maximum absolute atomic E-state index is 6.22. The fourth-order valence-corrected chi connectivity index (χ4v) is 5.16. The SMILES string of the molecule is NC1=N[C@@]2(c3cc(Cl)cc(Br)c3)CCCC[C@H]2CS1. The van der Waals surface area contributed by atoms with Crippen LogP contribution in [0.4, 0.5) is 0 Å². The normalized spacial score (nSPS) is 30.6. The third-order valence-corrected chi connectivity index (χ3v) is 5.77. The maximum Gasteiger partial charge on any atom is 0.154 e. The first-order chi connectivity index (χ1) is 9.10. The first kappa shape index (κ1) is 13.8. The van der Waals surface area contributed by atoms with Gasteiger partial charge in [-0.25, -0.2) is 0 Å². The molecule has 2 atom stereocenters. The van der Waals surface area contributed by atoms with E-state index in [9.17, 15) is 0 Å². The second-order valence-corrected chi connectivity index (χ2v) is 7.68. The molecule has 1 saturated carbocycles. The van der Waals surface area contributed by atoms with Gasteiger partial charge in [-0.3, -0.25) is 4.99 Å². The third kappa shape index (κ3) is 2.55. The van der Waals surface area contributed by atoms with Crippen LogP contribution < -0.4 is 5.73 Å². The fourth-order valence-electron chi connectivity index (χ4n) is 3.26. The van der Waals surface area contributed by atoms with Crippen LogP contribution in [0.3, 0.4) is 0 Å². The molecule has 0 spiro atoms. The van der Waals surface area contributed by atoms with Crippen molar-refractivity contribution >= 4 is 44.5 Å². The van der Waals surface area contributed by atoms with Gasteiger partial charge >= 0.3 is 0 Å². The van der Waals surface area contributed by atoms with Gasteiger partial charge in [0.2, 0.25) is 0 Å². The number of hydrogen-bond donors (Lipinski definition) is 1. The van der Waals surface area contributed by atoms with Crippen molar-refractivity contribution in [1.82, 2.24) is 0 Å². The second-order valence-electron chi connectivity index (χ2n) is 5.29. The molecule has 1 aliphatic heterocycles. The monoisotopic (exact) mass is 358 g/mol. The Kier molecular flexibility index (Phi) is 3.84. The molecule has 2 nitrogen and oxygen atoms in total. The molecule has 1 aromatic rings. The lowest BCUT2D eigenvalue weighted by Crippen LogP contribution is -2.42. The number of benzene rings is 1. The third-order valence-electron chi connectivity index (χ3n) is 4.14. The summed E-state index contributed by atoms with van der Waals surface area (Å²) in [5.41, 5.74) is 7.07. The molecule has 1 aromatic carbocycles. The Balaban J connectivity index is 2.13. The second kappa shape index (κ2) is 5.30. The molecule has 2 N–H and O–H groups in total. The van der Waals surface area contributed by atoms with Crippen molar-refractivity contribution in [1.29, 1.82) is 0 Å². The fraction of sp³-hybridized carbons (Fsp3) is 0.500. The Morgan fingerprint density at radius 1 is 1.37 bits per heavy atom. The predicted octanol–water partition coefficient (Wildman–Crippen LogP) is 4.55. The smallest absolute Gasteiger partial charge is 0.154 e. The van der Waals surface area contributed by atoms with Crippen LogP contribution in [0.25, 0.3) is 0 Å². The van der Waals surface area contributed by atoms with E-state index in [-0.39, 0.29) is 5.54 Å². The molecule has 3 rings (SSSR count). The van der Waals surface area contributed by atoms with Crippen molar-refractivity contribution in [2.24, 2.45) is 16.6 Å². The average Bonchev–Trinajstić information content (AvgIpc) is 2.37. The van der Waals surface area contributed by atoms with Crippen LogP contribution in [0.2, 0.25) is 5.02 Å². The molecular weight excluding hydrogens is 344 g/mol. The van der Waals surface area contributed by atoms with Gasteiger partial charge < -0.3 is 5.73 Å². The van der Waals surface area contributed by atoms with E-state index >= 15 is 0 Å². The number of hydrogen-bond acceptors (Lipinski definition) is 3. The summed E-state index contributed by atoms with van der Waals surface area (Å²) in [6.45, 7) is 0. The van der Waals surface area contributed by atoms with E-state index < -0.39 is 0 Å². The first-order valence-electron chi connectivity index (χ1n) is 6.55. The van der Waals surface area contributed by atoms with Gasteiger partial charge in [0, 0.05) is 15.2 Å². The zero-order valence-electron chi connectivity index (χ0n) is 10.5. The molecule has 0 unspecified atom stereocenters. The number of thioether (sulfide) groups is 1. The van der Waals surface area contributed by atoms with Crippen LogP contribution in [0.5, 0.6) is 0 Å². The van der Waals surface area contributed by atoms with Crippen molar-refractivity contribution in [3.63, 3.8) is 0 Å². The molecule has 0 radical (unpaired) electrons. The Bertz CT molecular complexity index is 514. The molecule has 0 amide bonds. The molecule has 5 heteroatoms. The van der Waals surface area contributed by atoms with Gasteiger partial charge in [0.05, 0.1) is 5.54 Å². The summed E-state index contributed by atoms with van der Waals surface area (Å²) in [6, 6.07) is 6.12. The van der Waals surface area contributed by atoms with Crippen molar-refractivity contribution in [2.75, 3.05) is 5.75 Å². The lowest BCUT2D eigenvalue weighted by atomic mass is 9.70. The lowest BCUT2D eigenvalue weighted by Gasteiger charge is -2.44. The minimum atomic E-state index is -0.152. The Morgan fingerprint density at radius 2 is 2.21 bits per heavy atom. The van der Waals surface area contributed by atoms with Crippen LogP contribution >= 0.6 is 39.3 Å². The Morgan fingerprint density at radius 3 is 3.00 bits per heavy atom. The van der Waals surface area contributed by atoms with Crippen molar-refractivity contribution in [3.05, 3.63) is 33.3 Å². The molecule has 2 aliphatic rings. The van der Waals surface area contributed by atoms with E-state index in [0.717, 1.165) is 21.7 Å². The summed E-state index contributed by atoms with van der Waals surface area (Å²) in [5, 5.41) is 1.48. The van der Waals surface area contributed by atoms with Gasteiger partial charge in [0.15, 0.2) is 5.17 Å². The number of nitrogens with zero attached hydrogens (tertiary/aromatic N) is 1. The summed E-state index contributed by atoms with van der Waals surface area (Å²) < 4.78 is 1.01. The van der Waals surface area contributed by atoms with Crippen molar-refractivity contribution in [2.45, 2.75) is 31.2 Å². The van der Waals surface area contributed by atoms with E-state index in [4.69, 9.17) is 22.3 Å². The van der Waals surface area contributed by atoms with Crippen LogP contribution in [-0.4, -0.2) is 10.9 Å². The Hall–Kier alpha value is -0.190. The number of aliphatic imine (C=N–C) groups is 1. The van der Waals surface area contributed by atoms with E-state index in [1.165, 1.54) is 24.8 Å². The Labute approximate surface area is 131 Å². The summed E-state index contributed by atoms with van der Waals surface area (Å²) in [5.74, 6) is 1.64. The lowest BCUT2D eigenvalue weighted by molar-refractivity contribution is 0.212. The maximum atomic E-state index is 6.22. The van der Waals surface area contributed by atoms with Gasteiger partial charge in [0.1, 0.15) is 0 Å². The number of fused-ring (bicyclic) bond motifs is 1. The van der Waals surface area contributed by atoms with E-state index in [0.29, 0.717) is 11.1 Å². The topological polar surface area (TPSA) is 38.4 Å². The zero-order chi connectivity index (χ0) is 13.5. The zero-order valence-corrected chi connectivity index (χ0v) is 13.7. The number of rotatable bonds is 1. The number of nitrogens with two attached hydrogens (primary N) is 1. The van der Waals surface area contributed by atoms with E-state index in [1.807, 2.05) is 6.07 Å². The molecule has 19 heavy (non-hydrogen) atoms. The number of halogens is 2. The molecule has 1 fully saturated rings. The van der Waals surface area contributed by atoms with Crippen LogP contribution in [0, 0.1) is 5.92 Å². The van der Waals surface area contributed by atoms with Crippen LogP contribution in [-0.2, 0) is 5.54 Å². The summed E-state index contributed by atoms with van der Waals surface area (Å²) in [4.78, 5) is 4.87. The molecule has 1 aliphatic carbocycles. The molecule has 102 valence electrons. The molecule has 0 saturated heterocycles. The van der Waals surface area contributed by atoms with Gasteiger partial charge in [-0.1, -0.05) is 52.1 Å². The minimum absolute atomic E-state index is 0.152. The highest BCUT2D eigenvalue weighted by molar-refractivity contribution is 9.10. The first-order valence-corrected chi connectivity index (χ1v) is 8.70. The van der Waals surface area contributed by atoms with Gasteiger partial charge in [-0.05, 0) is 42.5 Å². The van der Waals surface area contributed by atoms with Crippen LogP contribution in [0.1, 0.15) is 31.2 Å². The van der Waals surface area contributed by atoms with Crippen LogP contribution in [0.15, 0.2) is 27.7 Å². The minimum Gasteiger partial charge on any atom is -0.379 e. The van der Waals surface area contributed by atoms with Crippen molar-refractivity contribution in [3.8, 4) is 0 Å². The van der Waals surface area contributed by atoms with Crippen molar-refractivity contribution < 1.29 is 0 Å². The molecule has 0 aromatic heterocycles. The highest BCUT2D eigenvalue weighted by Crippen LogP contribution is 2.49. The quantitative estimate of drug-likeness (QED) is 0.799. The highest BCUT2D eigenvalue weighted by Gasteiger charge is 2.44. The molecule has 1 heterocycles. The summed E-state index contributed by atoms with van der Waals surface area (Å²) in [6.07, 6.45) is 4.81. The van der Waals surface area contributed by atoms with Gasteiger partial charge in [-0.15, -0.1) is 0 Å². The summed E-state index contributed by atoms with van der Waals surface area (Å²) >= 11 is 11.4. The van der Waals surface area contributed by atoms with E-state index in [1.54, 1.807) is 11.8 Å². The average molecular weight is 360 g/mol. The van der Waals surface area contributed by atoms with E-state index in [2.05, 4.69) is 28.1 Å². The molecule has 0 bridgehead atoms. The highest BCUT2D eigenvalue weighted by atomic mass is 79.9.